The number of aromatic nitrogens is 2. The Morgan fingerprint density at radius 1 is 0.871 bits per heavy atom. The van der Waals surface area contributed by atoms with Crippen LogP contribution < -0.4 is 4.74 Å². The van der Waals surface area contributed by atoms with Gasteiger partial charge >= 0.3 is 17.9 Å². The van der Waals surface area contributed by atoms with Gasteiger partial charge in [0, 0.05) is 50.7 Å². The Hall–Kier alpha value is -3.14. The van der Waals surface area contributed by atoms with Crippen LogP contribution in [-0.4, -0.2) is 57.4 Å². The molecule has 0 bridgehead atoms. The van der Waals surface area contributed by atoms with Gasteiger partial charge < -0.3 is 18.9 Å². The third-order valence-corrected chi connectivity index (χ3v) is 5.50. The van der Waals surface area contributed by atoms with Gasteiger partial charge in [-0.3, -0.25) is 24.4 Å². The minimum Gasteiger partial charge on any atom is -0.474 e. The van der Waals surface area contributed by atoms with Crippen molar-refractivity contribution in [2.45, 2.75) is 44.5 Å². The number of carbonyl (C=O) groups is 3. The molecule has 1 aliphatic heterocycles. The summed E-state index contributed by atoms with van der Waals surface area (Å²) in [7, 11) is 0. The molecule has 2 aromatic rings. The van der Waals surface area contributed by atoms with E-state index in [0.29, 0.717) is 5.75 Å². The highest BCUT2D eigenvalue weighted by atomic mass is 32.2. The van der Waals surface area contributed by atoms with Gasteiger partial charge in [0.1, 0.15) is 5.75 Å². The highest BCUT2D eigenvalue weighted by molar-refractivity contribution is 7.99. The zero-order valence-electron chi connectivity index (χ0n) is 17.2. The largest absolute Gasteiger partial charge is 0.474 e. The van der Waals surface area contributed by atoms with E-state index < -0.39 is 41.7 Å². The summed E-state index contributed by atoms with van der Waals surface area (Å²) in [5, 5.41) is 0. The summed E-state index contributed by atoms with van der Waals surface area (Å²) >= 11 is 1.28. The zero-order valence-corrected chi connectivity index (χ0v) is 18.0. The van der Waals surface area contributed by atoms with Crippen molar-refractivity contribution in [2.24, 2.45) is 0 Å². The quantitative estimate of drug-likeness (QED) is 0.484. The summed E-state index contributed by atoms with van der Waals surface area (Å²) < 4.78 is 22.2. The van der Waals surface area contributed by atoms with Gasteiger partial charge in [0.15, 0.2) is 23.7 Å². The number of thioether (sulfide) groups is 1. The molecule has 31 heavy (non-hydrogen) atoms. The van der Waals surface area contributed by atoms with Crippen LogP contribution in [0.4, 0.5) is 0 Å². The maximum atomic E-state index is 11.8. The molecule has 0 saturated carbocycles. The van der Waals surface area contributed by atoms with E-state index >= 15 is 0 Å². The van der Waals surface area contributed by atoms with Crippen molar-refractivity contribution < 1.29 is 33.3 Å². The lowest BCUT2D eigenvalue weighted by Gasteiger charge is -2.39. The molecule has 3 rings (SSSR count). The average Bonchev–Trinajstić information content (AvgIpc) is 2.72. The number of hydrogen-bond acceptors (Lipinski definition) is 10. The lowest BCUT2D eigenvalue weighted by atomic mass is 10.1. The fourth-order valence-electron chi connectivity index (χ4n) is 3.13. The fraction of sp³-hybridized carbons (Fsp3) is 0.381. The first kappa shape index (κ1) is 22.5. The van der Waals surface area contributed by atoms with Crippen molar-refractivity contribution in [1.82, 2.24) is 9.97 Å². The van der Waals surface area contributed by atoms with E-state index in [1.54, 1.807) is 24.7 Å². The van der Waals surface area contributed by atoms with Crippen LogP contribution in [0.2, 0.25) is 0 Å². The van der Waals surface area contributed by atoms with Gasteiger partial charge in [-0.05, 0) is 23.8 Å². The maximum absolute atomic E-state index is 11.8. The minimum atomic E-state index is -1.01. The van der Waals surface area contributed by atoms with E-state index in [1.165, 1.54) is 38.7 Å². The van der Waals surface area contributed by atoms with Gasteiger partial charge in [-0.1, -0.05) is 0 Å². The monoisotopic (exact) mass is 446 g/mol. The molecular weight excluding hydrogens is 424 g/mol. The van der Waals surface area contributed by atoms with Crippen LogP contribution in [0.1, 0.15) is 20.8 Å². The van der Waals surface area contributed by atoms with Gasteiger partial charge in [0.25, 0.3) is 0 Å². The molecule has 0 N–H and O–H groups in total. The summed E-state index contributed by atoms with van der Waals surface area (Å²) in [6, 6.07) is 5.49. The van der Waals surface area contributed by atoms with Crippen molar-refractivity contribution in [3.8, 4) is 16.9 Å². The number of nitrogens with zero attached hydrogens (tertiary/aromatic N) is 2. The van der Waals surface area contributed by atoms with E-state index in [4.69, 9.17) is 18.9 Å². The summed E-state index contributed by atoms with van der Waals surface area (Å²) in [5.41, 5.74) is 1.02. The topological polar surface area (TPSA) is 114 Å². The standard InChI is InChI=1S/C21H22N2O7S/c1-12(24)27-18-11-31-21(20(29-14(3)26)19(18)28-13(2)25)30-17-8-16(9-23-10-17)15-4-6-22-7-5-15/h4-10,18-21H,11H2,1-3H3/t18-,19+,20-,21-/m1/s1. The van der Waals surface area contributed by atoms with Crippen LogP contribution in [0.25, 0.3) is 11.1 Å². The van der Waals surface area contributed by atoms with Gasteiger partial charge in [-0.2, -0.15) is 0 Å². The van der Waals surface area contributed by atoms with Crippen molar-refractivity contribution in [2.75, 3.05) is 5.75 Å². The number of pyridine rings is 2. The molecule has 0 aromatic carbocycles. The third kappa shape index (κ3) is 6.17. The highest BCUT2D eigenvalue weighted by Gasteiger charge is 2.47. The Bertz CT molecular complexity index is 940. The van der Waals surface area contributed by atoms with Crippen LogP contribution in [-0.2, 0) is 28.6 Å². The smallest absolute Gasteiger partial charge is 0.303 e. The second-order valence-corrected chi connectivity index (χ2v) is 7.89. The predicted octanol–water partition coefficient (Wildman–Crippen LogP) is 2.39. The highest BCUT2D eigenvalue weighted by Crippen LogP contribution is 2.34. The molecule has 4 atom stereocenters. The van der Waals surface area contributed by atoms with E-state index in [9.17, 15) is 14.4 Å². The summed E-state index contributed by atoms with van der Waals surface area (Å²) in [6.07, 6.45) is 3.80. The van der Waals surface area contributed by atoms with Crippen molar-refractivity contribution >= 4 is 29.7 Å². The number of hydrogen-bond donors (Lipinski definition) is 0. The van der Waals surface area contributed by atoms with Crippen LogP contribution in [0.15, 0.2) is 43.0 Å². The van der Waals surface area contributed by atoms with Gasteiger partial charge in [0.2, 0.25) is 0 Å². The van der Waals surface area contributed by atoms with Gasteiger partial charge in [-0.15, -0.1) is 11.8 Å². The first-order valence-corrected chi connectivity index (χ1v) is 10.5. The average molecular weight is 446 g/mol. The van der Waals surface area contributed by atoms with Crippen LogP contribution in [0, 0.1) is 0 Å². The zero-order chi connectivity index (χ0) is 22.4. The SMILES string of the molecule is CC(=O)O[C@@H]1[C@@H](OC(C)=O)[C@H](OC(C)=O)CS[C@H]1Oc1cncc(-c2ccncc2)c1. The Morgan fingerprint density at radius 3 is 2.16 bits per heavy atom. The van der Waals surface area contributed by atoms with Crippen LogP contribution in [0.5, 0.6) is 5.75 Å². The number of esters is 3. The third-order valence-electron chi connectivity index (χ3n) is 4.28. The lowest BCUT2D eigenvalue weighted by Crippen LogP contribution is -2.55. The fourth-order valence-corrected chi connectivity index (χ4v) is 4.35. The molecule has 2 aromatic heterocycles. The molecule has 1 fully saturated rings. The second-order valence-electron chi connectivity index (χ2n) is 6.76. The van der Waals surface area contributed by atoms with Crippen molar-refractivity contribution in [3.05, 3.63) is 43.0 Å². The maximum Gasteiger partial charge on any atom is 0.303 e. The number of rotatable bonds is 6. The van der Waals surface area contributed by atoms with Crippen LogP contribution in [0.3, 0.4) is 0 Å². The molecule has 164 valence electrons. The first-order chi connectivity index (χ1) is 14.8. The van der Waals surface area contributed by atoms with E-state index in [2.05, 4.69) is 9.97 Å². The van der Waals surface area contributed by atoms with Crippen molar-refractivity contribution in [3.63, 3.8) is 0 Å². The van der Waals surface area contributed by atoms with Crippen molar-refractivity contribution in [1.29, 1.82) is 0 Å². The van der Waals surface area contributed by atoms with E-state index in [-0.39, 0.29) is 5.75 Å². The Morgan fingerprint density at radius 2 is 1.52 bits per heavy atom. The molecule has 3 heterocycles. The summed E-state index contributed by atoms with van der Waals surface area (Å²) in [6.45, 7) is 3.73. The minimum absolute atomic E-state index is 0.289. The predicted molar refractivity (Wildman–Crippen MR) is 111 cm³/mol. The first-order valence-electron chi connectivity index (χ1n) is 9.49. The molecule has 1 saturated heterocycles. The molecule has 9 nitrogen and oxygen atoms in total. The Kier molecular flexibility index (Phi) is 7.45. The van der Waals surface area contributed by atoms with Gasteiger partial charge in [-0.25, -0.2) is 0 Å². The molecule has 0 aliphatic carbocycles. The lowest BCUT2D eigenvalue weighted by molar-refractivity contribution is -0.186. The van der Waals surface area contributed by atoms with E-state index in [0.717, 1.165) is 11.1 Å². The van der Waals surface area contributed by atoms with Crippen LogP contribution >= 0.6 is 11.8 Å². The van der Waals surface area contributed by atoms with Gasteiger partial charge in [0.05, 0.1) is 6.20 Å². The number of ether oxygens (including phenoxy) is 4. The molecule has 0 radical (unpaired) electrons. The normalized spacial score (nSPS) is 22.8. The Balaban J connectivity index is 1.86. The Labute approximate surface area is 183 Å². The molecule has 0 unspecified atom stereocenters. The molecular formula is C21H22N2O7S. The summed E-state index contributed by atoms with van der Waals surface area (Å²) in [4.78, 5) is 43.1. The summed E-state index contributed by atoms with van der Waals surface area (Å²) in [5.74, 6) is -0.971. The van der Waals surface area contributed by atoms with E-state index in [1.807, 2.05) is 12.1 Å². The molecule has 0 spiro atoms. The molecule has 0 amide bonds. The number of carbonyl (C=O) groups excluding carboxylic acids is 3. The molecule has 1 aliphatic rings. The molecule has 10 heteroatoms. The second kappa shape index (κ2) is 10.3.